The Bertz CT molecular complexity index is 1460. The van der Waals surface area contributed by atoms with E-state index in [4.69, 9.17) is 4.74 Å². The number of nitro benzene ring substituents is 1. The lowest BCUT2D eigenvalue weighted by atomic mass is 10.1. The zero-order chi connectivity index (χ0) is 26.4. The lowest BCUT2D eigenvalue weighted by Crippen LogP contribution is -2.07. The molecule has 0 spiro atoms. The fraction of sp³-hybridized carbons (Fsp3) is 0.120. The van der Waals surface area contributed by atoms with Crippen LogP contribution in [-0.4, -0.2) is 38.3 Å². The number of non-ortho nitro benzene ring substituents is 1. The third kappa shape index (κ3) is 6.45. The van der Waals surface area contributed by atoms with E-state index in [9.17, 15) is 15.2 Å². The van der Waals surface area contributed by atoms with Gasteiger partial charge in [-0.1, -0.05) is 6.07 Å². The first-order valence-corrected chi connectivity index (χ1v) is 11.1. The van der Waals surface area contributed by atoms with E-state index in [2.05, 4.69) is 36.1 Å². The number of hydrazone groups is 1. The van der Waals surface area contributed by atoms with Crippen LogP contribution in [-0.2, 0) is 0 Å². The van der Waals surface area contributed by atoms with E-state index in [1.807, 2.05) is 32.0 Å². The van der Waals surface area contributed by atoms with Crippen LogP contribution in [0.4, 0.5) is 34.9 Å². The first-order valence-electron chi connectivity index (χ1n) is 11.1. The molecule has 188 valence electrons. The Labute approximate surface area is 212 Å². The predicted molar refractivity (Wildman–Crippen MR) is 141 cm³/mol. The van der Waals surface area contributed by atoms with Crippen molar-refractivity contribution in [3.63, 3.8) is 0 Å². The number of aromatic hydroxyl groups is 1. The van der Waals surface area contributed by atoms with E-state index in [0.717, 1.165) is 16.8 Å². The summed E-state index contributed by atoms with van der Waals surface area (Å²) in [5, 5.41) is 31.1. The molecular weight excluding hydrogens is 476 g/mol. The molecule has 1 aromatic heterocycles. The SMILES string of the molecule is COc1cc(/C=N\Nc2nc(Nc3ccc([N+](=O)[O-])cc3)nc(Nc3ccc(C)c(C)c3)n2)ccc1O. The molecule has 12 nitrogen and oxygen atoms in total. The first kappa shape index (κ1) is 24.9. The van der Waals surface area contributed by atoms with E-state index >= 15 is 0 Å². The Morgan fingerprint density at radius 2 is 1.54 bits per heavy atom. The Kier molecular flexibility index (Phi) is 7.38. The number of nitrogens with one attached hydrogen (secondary N) is 3. The maximum atomic E-state index is 10.9. The molecule has 0 unspecified atom stereocenters. The molecule has 4 rings (SSSR count). The lowest BCUT2D eigenvalue weighted by Gasteiger charge is -2.11. The van der Waals surface area contributed by atoms with Gasteiger partial charge in [-0.05, 0) is 73.0 Å². The second-order valence-corrected chi connectivity index (χ2v) is 7.96. The zero-order valence-electron chi connectivity index (χ0n) is 20.3. The summed E-state index contributed by atoms with van der Waals surface area (Å²) >= 11 is 0. The third-order valence-electron chi connectivity index (χ3n) is 5.31. The molecule has 0 aliphatic carbocycles. The van der Waals surface area contributed by atoms with Gasteiger partial charge in [-0.15, -0.1) is 0 Å². The predicted octanol–water partition coefficient (Wildman–Crippen LogP) is 5.04. The van der Waals surface area contributed by atoms with E-state index in [-0.39, 0.29) is 29.3 Å². The van der Waals surface area contributed by atoms with Crippen LogP contribution in [0.5, 0.6) is 11.5 Å². The normalized spacial score (nSPS) is 10.8. The Morgan fingerprint density at radius 1 is 0.892 bits per heavy atom. The smallest absolute Gasteiger partial charge is 0.269 e. The zero-order valence-corrected chi connectivity index (χ0v) is 20.3. The monoisotopic (exact) mass is 500 g/mol. The van der Waals surface area contributed by atoms with E-state index in [1.54, 1.807) is 24.3 Å². The van der Waals surface area contributed by atoms with Gasteiger partial charge >= 0.3 is 0 Å². The number of hydrogen-bond donors (Lipinski definition) is 4. The Morgan fingerprint density at radius 3 is 2.19 bits per heavy atom. The van der Waals surface area contributed by atoms with Crippen LogP contribution >= 0.6 is 0 Å². The fourth-order valence-corrected chi connectivity index (χ4v) is 3.22. The van der Waals surface area contributed by atoms with Crippen LogP contribution in [0.2, 0.25) is 0 Å². The van der Waals surface area contributed by atoms with Crippen molar-refractivity contribution in [2.45, 2.75) is 13.8 Å². The summed E-state index contributed by atoms with van der Waals surface area (Å²) in [5.41, 5.74) is 7.04. The maximum Gasteiger partial charge on any atom is 0.269 e. The summed E-state index contributed by atoms with van der Waals surface area (Å²) in [6, 6.07) is 16.6. The second-order valence-electron chi connectivity index (χ2n) is 7.96. The van der Waals surface area contributed by atoms with Crippen molar-refractivity contribution in [1.82, 2.24) is 15.0 Å². The van der Waals surface area contributed by atoms with Gasteiger partial charge in [-0.2, -0.15) is 20.1 Å². The Balaban J connectivity index is 1.59. The van der Waals surface area contributed by atoms with Crippen LogP contribution < -0.4 is 20.8 Å². The molecule has 0 bridgehead atoms. The van der Waals surface area contributed by atoms with Crippen molar-refractivity contribution < 1.29 is 14.8 Å². The number of phenols is 1. The van der Waals surface area contributed by atoms with Crippen LogP contribution in [0, 0.1) is 24.0 Å². The summed E-state index contributed by atoms with van der Waals surface area (Å²) in [5.74, 6) is 0.936. The number of anilines is 5. The Hall–Kier alpha value is -5.26. The van der Waals surface area contributed by atoms with Gasteiger partial charge < -0.3 is 20.5 Å². The first-order chi connectivity index (χ1) is 17.8. The molecule has 4 aromatic rings. The second kappa shape index (κ2) is 11.0. The molecule has 0 atom stereocenters. The molecule has 0 saturated heterocycles. The van der Waals surface area contributed by atoms with Gasteiger partial charge in [0.1, 0.15) is 0 Å². The van der Waals surface area contributed by atoms with Gasteiger partial charge in [0, 0.05) is 23.5 Å². The van der Waals surface area contributed by atoms with E-state index in [0.29, 0.717) is 17.0 Å². The van der Waals surface area contributed by atoms with E-state index < -0.39 is 4.92 Å². The average molecular weight is 501 g/mol. The quantitative estimate of drug-likeness (QED) is 0.139. The molecule has 12 heteroatoms. The number of benzene rings is 3. The molecule has 0 amide bonds. The van der Waals surface area contributed by atoms with Crippen LogP contribution in [0.15, 0.2) is 65.8 Å². The molecule has 0 aliphatic rings. The van der Waals surface area contributed by atoms with Gasteiger partial charge in [0.15, 0.2) is 11.5 Å². The molecule has 0 aliphatic heterocycles. The largest absolute Gasteiger partial charge is 0.504 e. The lowest BCUT2D eigenvalue weighted by molar-refractivity contribution is -0.384. The van der Waals surface area contributed by atoms with Gasteiger partial charge in [-0.3, -0.25) is 10.1 Å². The highest BCUT2D eigenvalue weighted by Crippen LogP contribution is 2.26. The number of hydrogen-bond acceptors (Lipinski definition) is 11. The summed E-state index contributed by atoms with van der Waals surface area (Å²) < 4.78 is 5.11. The average Bonchev–Trinajstić information content (AvgIpc) is 2.87. The highest BCUT2D eigenvalue weighted by molar-refractivity contribution is 5.81. The van der Waals surface area contributed by atoms with Crippen molar-refractivity contribution >= 4 is 41.1 Å². The minimum absolute atomic E-state index is 0.0223. The number of phenolic OH excluding ortho intramolecular Hbond substituents is 1. The molecule has 0 saturated carbocycles. The highest BCUT2D eigenvalue weighted by Gasteiger charge is 2.10. The fourth-order valence-electron chi connectivity index (χ4n) is 3.22. The summed E-state index contributed by atoms with van der Waals surface area (Å²) in [4.78, 5) is 23.6. The topological polar surface area (TPSA) is 160 Å². The summed E-state index contributed by atoms with van der Waals surface area (Å²) in [6.07, 6.45) is 1.52. The molecule has 1 heterocycles. The van der Waals surface area contributed by atoms with Crippen molar-refractivity contribution in [1.29, 1.82) is 0 Å². The number of methoxy groups -OCH3 is 1. The maximum absolute atomic E-state index is 10.9. The van der Waals surface area contributed by atoms with Gasteiger partial charge in [0.25, 0.3) is 5.69 Å². The van der Waals surface area contributed by atoms with E-state index in [1.165, 1.54) is 31.5 Å². The number of aryl methyl sites for hydroxylation is 2. The number of nitro groups is 1. The molecule has 4 N–H and O–H groups in total. The minimum atomic E-state index is -0.470. The molecule has 37 heavy (non-hydrogen) atoms. The van der Waals surface area contributed by atoms with Crippen molar-refractivity contribution in [3.05, 3.63) is 87.5 Å². The number of ether oxygens (including phenoxy) is 1. The number of nitrogens with zero attached hydrogens (tertiary/aromatic N) is 5. The number of aromatic nitrogens is 3. The van der Waals surface area contributed by atoms with Crippen LogP contribution in [0.25, 0.3) is 0 Å². The van der Waals surface area contributed by atoms with Gasteiger partial charge in [0.05, 0.1) is 18.2 Å². The van der Waals surface area contributed by atoms with Crippen molar-refractivity contribution in [2.24, 2.45) is 5.10 Å². The molecule has 0 radical (unpaired) electrons. The molecule has 0 fully saturated rings. The van der Waals surface area contributed by atoms with Gasteiger partial charge in [-0.25, -0.2) is 5.43 Å². The summed E-state index contributed by atoms with van der Waals surface area (Å²) in [7, 11) is 1.46. The van der Waals surface area contributed by atoms with Crippen LogP contribution in [0.3, 0.4) is 0 Å². The molecular formula is C25H24N8O4. The van der Waals surface area contributed by atoms with Crippen molar-refractivity contribution in [3.8, 4) is 11.5 Å². The standard InChI is InChI=1S/C25H24N8O4/c1-15-4-6-19(12-16(15)2)28-24-29-23(27-18-7-9-20(10-8-18)33(35)36)30-25(31-24)32-26-14-17-5-11-21(34)22(13-17)37-3/h4-14,34H,1-3H3,(H3,27,28,29,30,31,32)/b26-14-. The summed E-state index contributed by atoms with van der Waals surface area (Å²) in [6.45, 7) is 4.04. The third-order valence-corrected chi connectivity index (χ3v) is 5.31. The van der Waals surface area contributed by atoms with Crippen LogP contribution in [0.1, 0.15) is 16.7 Å². The highest BCUT2D eigenvalue weighted by atomic mass is 16.6. The molecule has 3 aromatic carbocycles. The van der Waals surface area contributed by atoms with Crippen molar-refractivity contribution in [2.75, 3.05) is 23.2 Å². The van der Waals surface area contributed by atoms with Gasteiger partial charge in [0.2, 0.25) is 17.8 Å². The minimum Gasteiger partial charge on any atom is -0.504 e. The number of rotatable bonds is 9.